The first-order valence-corrected chi connectivity index (χ1v) is 3.73. The fourth-order valence-electron chi connectivity index (χ4n) is 1.12. The second kappa shape index (κ2) is 1.95. The van der Waals surface area contributed by atoms with Crippen LogP contribution in [0.25, 0.3) is 0 Å². The summed E-state index contributed by atoms with van der Waals surface area (Å²) in [7, 11) is 0. The minimum Gasteiger partial charge on any atom is -0.384 e. The SMILES string of the molecule is Nc1cccc(C2(N)CC2)n1. The highest BCUT2D eigenvalue weighted by atomic mass is 14.9. The number of hydrogen-bond acceptors (Lipinski definition) is 3. The maximum Gasteiger partial charge on any atom is 0.123 e. The van der Waals surface area contributed by atoms with E-state index in [0.29, 0.717) is 5.82 Å². The first-order chi connectivity index (χ1) is 5.21. The molecule has 0 aromatic carbocycles. The Morgan fingerprint density at radius 1 is 1.36 bits per heavy atom. The molecule has 1 aromatic heterocycles. The summed E-state index contributed by atoms with van der Waals surface area (Å²) in [5.41, 5.74) is 12.2. The Bertz CT molecular complexity index is 278. The van der Waals surface area contributed by atoms with Crippen molar-refractivity contribution in [3.8, 4) is 0 Å². The third-order valence-corrected chi connectivity index (χ3v) is 2.07. The summed E-state index contributed by atoms with van der Waals surface area (Å²) in [6, 6.07) is 5.60. The Labute approximate surface area is 65.4 Å². The molecule has 0 spiro atoms. The van der Waals surface area contributed by atoms with Gasteiger partial charge in [-0.25, -0.2) is 4.98 Å². The summed E-state index contributed by atoms with van der Waals surface area (Å²) in [6.45, 7) is 0. The van der Waals surface area contributed by atoms with E-state index in [1.165, 1.54) is 0 Å². The van der Waals surface area contributed by atoms with Crippen molar-refractivity contribution in [3.05, 3.63) is 23.9 Å². The van der Waals surface area contributed by atoms with E-state index < -0.39 is 0 Å². The smallest absolute Gasteiger partial charge is 0.123 e. The van der Waals surface area contributed by atoms with Crippen molar-refractivity contribution in [3.63, 3.8) is 0 Å². The number of anilines is 1. The number of nitrogen functional groups attached to an aromatic ring is 1. The summed E-state index contributed by atoms with van der Waals surface area (Å²) in [6.07, 6.45) is 2.06. The molecular formula is C8H11N3. The van der Waals surface area contributed by atoms with Gasteiger partial charge in [0.2, 0.25) is 0 Å². The van der Waals surface area contributed by atoms with Gasteiger partial charge >= 0.3 is 0 Å². The fourth-order valence-corrected chi connectivity index (χ4v) is 1.12. The van der Waals surface area contributed by atoms with Gasteiger partial charge in [0.05, 0.1) is 11.2 Å². The molecule has 11 heavy (non-hydrogen) atoms. The topological polar surface area (TPSA) is 64.9 Å². The van der Waals surface area contributed by atoms with E-state index in [2.05, 4.69) is 4.98 Å². The molecule has 3 nitrogen and oxygen atoms in total. The Morgan fingerprint density at radius 3 is 2.64 bits per heavy atom. The van der Waals surface area contributed by atoms with Crippen molar-refractivity contribution >= 4 is 5.82 Å². The molecule has 1 aliphatic carbocycles. The Kier molecular flexibility index (Phi) is 1.17. The van der Waals surface area contributed by atoms with Gasteiger partial charge in [0, 0.05) is 0 Å². The molecule has 0 aliphatic heterocycles. The van der Waals surface area contributed by atoms with Crippen LogP contribution in [0.2, 0.25) is 0 Å². The van der Waals surface area contributed by atoms with Gasteiger partial charge in [-0.3, -0.25) is 0 Å². The summed E-state index contributed by atoms with van der Waals surface area (Å²) in [5.74, 6) is 0.555. The van der Waals surface area contributed by atoms with Crippen molar-refractivity contribution < 1.29 is 0 Å². The molecule has 0 bridgehead atoms. The number of aromatic nitrogens is 1. The van der Waals surface area contributed by atoms with E-state index in [1.807, 2.05) is 12.1 Å². The highest BCUT2D eigenvalue weighted by molar-refractivity contribution is 5.33. The van der Waals surface area contributed by atoms with Crippen molar-refractivity contribution in [2.45, 2.75) is 18.4 Å². The van der Waals surface area contributed by atoms with Gasteiger partial charge in [0.1, 0.15) is 5.82 Å². The zero-order valence-corrected chi connectivity index (χ0v) is 6.25. The Morgan fingerprint density at radius 2 is 2.09 bits per heavy atom. The first kappa shape index (κ1) is 6.61. The number of nitrogens with two attached hydrogens (primary N) is 2. The van der Waals surface area contributed by atoms with Gasteiger partial charge in [-0.15, -0.1) is 0 Å². The number of nitrogens with zero attached hydrogens (tertiary/aromatic N) is 1. The van der Waals surface area contributed by atoms with Crippen LogP contribution < -0.4 is 11.5 Å². The lowest BCUT2D eigenvalue weighted by molar-refractivity contribution is 0.709. The molecule has 1 fully saturated rings. The van der Waals surface area contributed by atoms with Crippen LogP contribution in [-0.2, 0) is 5.54 Å². The van der Waals surface area contributed by atoms with E-state index in [0.717, 1.165) is 18.5 Å². The van der Waals surface area contributed by atoms with Gasteiger partial charge in [0.15, 0.2) is 0 Å². The van der Waals surface area contributed by atoms with Crippen molar-refractivity contribution in [1.82, 2.24) is 4.98 Å². The molecule has 0 unspecified atom stereocenters. The molecule has 0 amide bonds. The highest BCUT2D eigenvalue weighted by Crippen LogP contribution is 2.41. The minimum absolute atomic E-state index is 0.157. The van der Waals surface area contributed by atoms with Gasteiger partial charge < -0.3 is 11.5 Å². The summed E-state index contributed by atoms with van der Waals surface area (Å²) in [4.78, 5) is 4.16. The molecule has 1 aliphatic rings. The summed E-state index contributed by atoms with van der Waals surface area (Å²) >= 11 is 0. The van der Waals surface area contributed by atoms with E-state index in [9.17, 15) is 0 Å². The molecule has 1 heterocycles. The molecule has 2 rings (SSSR count). The van der Waals surface area contributed by atoms with E-state index in [4.69, 9.17) is 11.5 Å². The lowest BCUT2D eigenvalue weighted by Crippen LogP contribution is -2.20. The predicted molar refractivity (Wildman–Crippen MR) is 43.7 cm³/mol. The van der Waals surface area contributed by atoms with Gasteiger partial charge in [0.25, 0.3) is 0 Å². The zero-order chi connectivity index (χ0) is 7.90. The van der Waals surface area contributed by atoms with Crippen LogP contribution in [0.1, 0.15) is 18.5 Å². The second-order valence-electron chi connectivity index (χ2n) is 3.10. The molecule has 0 atom stereocenters. The average molecular weight is 149 g/mol. The summed E-state index contributed by atoms with van der Waals surface area (Å²) in [5, 5.41) is 0. The molecule has 1 saturated carbocycles. The zero-order valence-electron chi connectivity index (χ0n) is 6.25. The lowest BCUT2D eigenvalue weighted by Gasteiger charge is -2.06. The van der Waals surface area contributed by atoms with Crippen LogP contribution >= 0.6 is 0 Å². The number of rotatable bonds is 1. The van der Waals surface area contributed by atoms with E-state index >= 15 is 0 Å². The first-order valence-electron chi connectivity index (χ1n) is 3.73. The van der Waals surface area contributed by atoms with Crippen molar-refractivity contribution in [1.29, 1.82) is 0 Å². The quantitative estimate of drug-likeness (QED) is 0.615. The van der Waals surface area contributed by atoms with Gasteiger partial charge in [-0.2, -0.15) is 0 Å². The van der Waals surface area contributed by atoms with Crippen LogP contribution in [0, 0.1) is 0 Å². The number of pyridine rings is 1. The van der Waals surface area contributed by atoms with E-state index in [-0.39, 0.29) is 5.54 Å². The number of hydrogen-bond donors (Lipinski definition) is 2. The largest absolute Gasteiger partial charge is 0.384 e. The van der Waals surface area contributed by atoms with Crippen LogP contribution in [0.4, 0.5) is 5.82 Å². The molecule has 0 radical (unpaired) electrons. The van der Waals surface area contributed by atoms with Crippen LogP contribution in [0.15, 0.2) is 18.2 Å². The molecule has 4 N–H and O–H groups in total. The summed E-state index contributed by atoms with van der Waals surface area (Å²) < 4.78 is 0. The van der Waals surface area contributed by atoms with Crippen molar-refractivity contribution in [2.24, 2.45) is 5.73 Å². The minimum atomic E-state index is -0.157. The molecule has 58 valence electrons. The van der Waals surface area contributed by atoms with Crippen LogP contribution in [-0.4, -0.2) is 4.98 Å². The van der Waals surface area contributed by atoms with Gasteiger partial charge in [-0.05, 0) is 25.0 Å². The molecule has 1 aromatic rings. The average Bonchev–Trinajstić information content (AvgIpc) is 2.70. The molecule has 0 saturated heterocycles. The maximum absolute atomic E-state index is 5.92. The fraction of sp³-hybridized carbons (Fsp3) is 0.375. The monoisotopic (exact) mass is 149 g/mol. The molecular weight excluding hydrogens is 138 g/mol. The Balaban J connectivity index is 2.38. The third-order valence-electron chi connectivity index (χ3n) is 2.07. The maximum atomic E-state index is 5.92. The van der Waals surface area contributed by atoms with Crippen molar-refractivity contribution in [2.75, 3.05) is 5.73 Å². The third kappa shape index (κ3) is 1.07. The second-order valence-corrected chi connectivity index (χ2v) is 3.10. The van der Waals surface area contributed by atoms with Gasteiger partial charge in [-0.1, -0.05) is 6.07 Å². The predicted octanol–water partition coefficient (Wildman–Crippen LogP) is 0.612. The van der Waals surface area contributed by atoms with Crippen LogP contribution in [0.3, 0.4) is 0 Å². The Hall–Kier alpha value is -1.09. The highest BCUT2D eigenvalue weighted by Gasteiger charge is 2.41. The standard InChI is InChI=1S/C8H11N3/c9-7-3-1-2-6(11-7)8(10)4-5-8/h1-3H,4-5,10H2,(H2,9,11). The molecule has 3 heteroatoms. The normalized spacial score (nSPS) is 19.7. The van der Waals surface area contributed by atoms with Crippen LogP contribution in [0.5, 0.6) is 0 Å². The van der Waals surface area contributed by atoms with E-state index in [1.54, 1.807) is 6.07 Å². The lowest BCUT2D eigenvalue weighted by atomic mass is 10.2.